The van der Waals surface area contributed by atoms with Gasteiger partial charge in [0.1, 0.15) is 0 Å². The minimum absolute atomic E-state index is 0.503. The van der Waals surface area contributed by atoms with Gasteiger partial charge in [-0.1, -0.05) is 12.1 Å². The number of fused-ring (bicyclic) bond motifs is 1. The van der Waals surface area contributed by atoms with E-state index < -0.39 is 0 Å². The average Bonchev–Trinajstić information content (AvgIpc) is 2.48. The van der Waals surface area contributed by atoms with Crippen LogP contribution in [0.2, 0.25) is 0 Å². The molecule has 0 saturated carbocycles. The van der Waals surface area contributed by atoms with Crippen molar-refractivity contribution in [3.8, 4) is 0 Å². The maximum absolute atomic E-state index is 5.31. The highest BCUT2D eigenvalue weighted by Crippen LogP contribution is 2.24. The first-order valence-electron chi connectivity index (χ1n) is 5.75. The molecular weight excluding hydrogens is 240 g/mol. The third kappa shape index (κ3) is 2.29. The van der Waals surface area contributed by atoms with Crippen molar-refractivity contribution in [3.05, 3.63) is 49.1 Å². The van der Waals surface area contributed by atoms with Crippen molar-refractivity contribution < 1.29 is 0 Å². The summed E-state index contributed by atoms with van der Waals surface area (Å²) in [5, 5.41) is 5.35. The largest absolute Gasteiger partial charge is 0.338 e. The first-order valence-corrected chi connectivity index (χ1v) is 5.75. The molecule has 0 spiro atoms. The molecule has 0 aliphatic heterocycles. The van der Waals surface area contributed by atoms with Crippen molar-refractivity contribution in [2.75, 3.05) is 10.7 Å². The predicted molar refractivity (Wildman–Crippen MR) is 74.9 cm³/mol. The topological polar surface area (TPSA) is 88.8 Å². The summed E-state index contributed by atoms with van der Waals surface area (Å²) in [7, 11) is 0. The summed E-state index contributed by atoms with van der Waals surface area (Å²) in [4.78, 5) is 12.5. The zero-order valence-electron chi connectivity index (χ0n) is 10.0. The van der Waals surface area contributed by atoms with E-state index in [1.807, 2.05) is 30.5 Å². The molecule has 0 fully saturated rings. The van der Waals surface area contributed by atoms with Crippen LogP contribution in [0.4, 0.5) is 17.3 Å². The van der Waals surface area contributed by atoms with Gasteiger partial charge in [-0.25, -0.2) is 10.8 Å². The molecule has 0 radical (unpaired) electrons. The second-order valence-electron chi connectivity index (χ2n) is 3.96. The lowest BCUT2D eigenvalue weighted by Crippen LogP contribution is -2.09. The molecular formula is C13H12N6. The van der Waals surface area contributed by atoms with Gasteiger partial charge in [-0.2, -0.15) is 0 Å². The van der Waals surface area contributed by atoms with Crippen LogP contribution < -0.4 is 16.6 Å². The number of aromatic nitrogens is 3. The number of nitrogens with two attached hydrogens (primary N) is 1. The Balaban J connectivity index is 2.01. The molecule has 3 rings (SSSR count). The van der Waals surface area contributed by atoms with E-state index in [0.717, 1.165) is 16.5 Å². The number of hydrogen-bond acceptors (Lipinski definition) is 6. The highest BCUT2D eigenvalue weighted by molar-refractivity contribution is 5.94. The fraction of sp³-hybridized carbons (Fsp3) is 0. The van der Waals surface area contributed by atoms with Crippen LogP contribution in [-0.4, -0.2) is 15.0 Å². The molecule has 2 heterocycles. The number of benzene rings is 1. The summed E-state index contributed by atoms with van der Waals surface area (Å²) in [5.41, 5.74) is 3.39. The molecule has 3 aromatic rings. The number of pyridine rings is 1. The first kappa shape index (κ1) is 11.4. The van der Waals surface area contributed by atoms with Crippen molar-refractivity contribution in [2.45, 2.75) is 0 Å². The van der Waals surface area contributed by atoms with Crippen LogP contribution in [0.3, 0.4) is 0 Å². The Labute approximate surface area is 109 Å². The van der Waals surface area contributed by atoms with Crippen molar-refractivity contribution in [1.82, 2.24) is 15.0 Å². The third-order valence-electron chi connectivity index (χ3n) is 2.73. The van der Waals surface area contributed by atoms with Gasteiger partial charge in [0, 0.05) is 23.5 Å². The van der Waals surface area contributed by atoms with E-state index in [-0.39, 0.29) is 0 Å². The minimum atomic E-state index is 0.503. The standard InChI is InChI=1S/C13H12N6/c14-19-13-8-16-7-12(18-13)17-11-3-1-2-9-4-5-15-6-10(9)11/h1-8H,14H2,(H2,17,18,19). The molecule has 4 N–H and O–H groups in total. The monoisotopic (exact) mass is 252 g/mol. The highest BCUT2D eigenvalue weighted by atomic mass is 15.3. The number of rotatable bonds is 3. The fourth-order valence-electron chi connectivity index (χ4n) is 1.86. The SMILES string of the molecule is NNc1cncc(Nc2cccc3ccncc23)n1. The Morgan fingerprint density at radius 3 is 2.74 bits per heavy atom. The van der Waals surface area contributed by atoms with Crippen LogP contribution in [0.1, 0.15) is 0 Å². The van der Waals surface area contributed by atoms with E-state index in [2.05, 4.69) is 25.7 Å². The average molecular weight is 252 g/mol. The molecule has 0 amide bonds. The minimum Gasteiger partial charge on any atom is -0.338 e. The summed E-state index contributed by atoms with van der Waals surface area (Å²) in [6.45, 7) is 0. The molecule has 6 nitrogen and oxygen atoms in total. The quantitative estimate of drug-likeness (QED) is 0.488. The molecule has 94 valence electrons. The van der Waals surface area contributed by atoms with Crippen LogP contribution in [0.25, 0.3) is 10.8 Å². The van der Waals surface area contributed by atoms with Gasteiger partial charge in [0.05, 0.1) is 12.4 Å². The summed E-state index contributed by atoms with van der Waals surface area (Å²) >= 11 is 0. The van der Waals surface area contributed by atoms with Crippen molar-refractivity contribution in [2.24, 2.45) is 5.84 Å². The molecule has 0 bridgehead atoms. The van der Waals surface area contributed by atoms with Gasteiger partial charge in [0.2, 0.25) is 0 Å². The van der Waals surface area contributed by atoms with E-state index in [1.165, 1.54) is 0 Å². The number of nitrogen functional groups attached to an aromatic ring is 1. The molecule has 0 aliphatic carbocycles. The fourth-order valence-corrected chi connectivity index (χ4v) is 1.86. The third-order valence-corrected chi connectivity index (χ3v) is 2.73. The lowest BCUT2D eigenvalue weighted by molar-refractivity contribution is 1.16. The molecule has 1 aromatic carbocycles. The normalized spacial score (nSPS) is 10.4. The Kier molecular flexibility index (Phi) is 2.91. The van der Waals surface area contributed by atoms with Crippen molar-refractivity contribution in [1.29, 1.82) is 0 Å². The van der Waals surface area contributed by atoms with Crippen LogP contribution in [0.5, 0.6) is 0 Å². The maximum atomic E-state index is 5.31. The number of nitrogens with one attached hydrogen (secondary N) is 2. The zero-order valence-corrected chi connectivity index (χ0v) is 10.0. The molecule has 0 unspecified atom stereocenters. The predicted octanol–water partition coefficient (Wildman–Crippen LogP) is 2.05. The van der Waals surface area contributed by atoms with E-state index in [1.54, 1.807) is 18.6 Å². The second-order valence-corrected chi connectivity index (χ2v) is 3.96. The van der Waals surface area contributed by atoms with Gasteiger partial charge < -0.3 is 10.7 Å². The van der Waals surface area contributed by atoms with Crippen molar-refractivity contribution in [3.63, 3.8) is 0 Å². The molecule has 0 aliphatic rings. The van der Waals surface area contributed by atoms with E-state index in [4.69, 9.17) is 5.84 Å². The Bertz CT molecular complexity index is 707. The summed E-state index contributed by atoms with van der Waals surface area (Å²) in [5.74, 6) is 6.43. The zero-order chi connectivity index (χ0) is 13.1. The molecule has 0 saturated heterocycles. The van der Waals surface area contributed by atoms with Crippen LogP contribution in [-0.2, 0) is 0 Å². The van der Waals surface area contributed by atoms with E-state index >= 15 is 0 Å². The molecule has 0 atom stereocenters. The van der Waals surface area contributed by atoms with Crippen molar-refractivity contribution >= 4 is 28.1 Å². The summed E-state index contributed by atoms with van der Waals surface area (Å²) < 4.78 is 0. The lowest BCUT2D eigenvalue weighted by Gasteiger charge is -2.09. The van der Waals surface area contributed by atoms with Gasteiger partial charge in [-0.05, 0) is 17.5 Å². The maximum Gasteiger partial charge on any atom is 0.160 e. The van der Waals surface area contributed by atoms with E-state index in [9.17, 15) is 0 Å². The van der Waals surface area contributed by atoms with Crippen LogP contribution >= 0.6 is 0 Å². The number of nitrogens with zero attached hydrogens (tertiary/aromatic N) is 3. The van der Waals surface area contributed by atoms with Gasteiger partial charge in [0.25, 0.3) is 0 Å². The first-order chi connectivity index (χ1) is 9.36. The van der Waals surface area contributed by atoms with Gasteiger partial charge in [-0.3, -0.25) is 9.97 Å². The number of hydrogen-bond donors (Lipinski definition) is 3. The number of anilines is 3. The van der Waals surface area contributed by atoms with Gasteiger partial charge in [0.15, 0.2) is 11.6 Å². The Morgan fingerprint density at radius 1 is 0.947 bits per heavy atom. The Hall–Kier alpha value is -2.73. The van der Waals surface area contributed by atoms with E-state index in [0.29, 0.717) is 11.6 Å². The highest BCUT2D eigenvalue weighted by Gasteiger charge is 2.03. The summed E-state index contributed by atoms with van der Waals surface area (Å²) in [6, 6.07) is 7.94. The molecule has 6 heteroatoms. The lowest BCUT2D eigenvalue weighted by atomic mass is 10.1. The van der Waals surface area contributed by atoms with Gasteiger partial charge >= 0.3 is 0 Å². The molecule has 19 heavy (non-hydrogen) atoms. The Morgan fingerprint density at radius 2 is 1.84 bits per heavy atom. The van der Waals surface area contributed by atoms with Crippen LogP contribution in [0.15, 0.2) is 49.1 Å². The second kappa shape index (κ2) is 4.87. The summed E-state index contributed by atoms with van der Waals surface area (Å²) in [6.07, 6.45) is 6.77. The van der Waals surface area contributed by atoms with Crippen LogP contribution in [0, 0.1) is 0 Å². The van der Waals surface area contributed by atoms with Gasteiger partial charge in [-0.15, -0.1) is 0 Å². The number of hydrazine groups is 1. The molecule has 2 aromatic heterocycles. The smallest absolute Gasteiger partial charge is 0.160 e.